The zero-order chi connectivity index (χ0) is 16.1. The van der Waals surface area contributed by atoms with Gasteiger partial charge in [-0.3, -0.25) is 4.79 Å². The molecule has 0 fully saturated rings. The first-order valence-electron chi connectivity index (χ1n) is 7.41. The fourth-order valence-electron chi connectivity index (χ4n) is 2.25. The predicted octanol–water partition coefficient (Wildman–Crippen LogP) is 2.90. The highest BCUT2D eigenvalue weighted by atomic mass is 16.5. The number of hydrogen-bond donors (Lipinski definition) is 1. The Bertz CT molecular complexity index is 797. The lowest BCUT2D eigenvalue weighted by atomic mass is 10.1. The monoisotopic (exact) mass is 307 g/mol. The van der Waals surface area contributed by atoms with Gasteiger partial charge in [0.05, 0.1) is 13.0 Å². The van der Waals surface area contributed by atoms with Gasteiger partial charge in [-0.1, -0.05) is 59.3 Å². The summed E-state index contributed by atoms with van der Waals surface area (Å²) in [4.78, 5) is 16.2. The first-order chi connectivity index (χ1) is 11.2. The van der Waals surface area contributed by atoms with Gasteiger partial charge in [-0.2, -0.15) is 4.98 Å². The van der Waals surface area contributed by atoms with E-state index in [-0.39, 0.29) is 12.5 Å². The van der Waals surface area contributed by atoms with Crippen LogP contribution in [0.3, 0.4) is 0 Å². The number of carbonyl (C=O) groups excluding carboxylic acids is 1. The van der Waals surface area contributed by atoms with Crippen LogP contribution in [-0.4, -0.2) is 16.0 Å². The van der Waals surface area contributed by atoms with Crippen molar-refractivity contribution in [1.82, 2.24) is 15.5 Å². The van der Waals surface area contributed by atoms with E-state index in [0.717, 1.165) is 16.7 Å². The van der Waals surface area contributed by atoms with Crippen molar-refractivity contribution in [2.45, 2.75) is 19.9 Å². The van der Waals surface area contributed by atoms with Crippen LogP contribution in [0, 0.1) is 6.92 Å². The maximum absolute atomic E-state index is 11.9. The molecular weight excluding hydrogens is 290 g/mol. The quantitative estimate of drug-likeness (QED) is 0.787. The van der Waals surface area contributed by atoms with Crippen LogP contribution >= 0.6 is 0 Å². The van der Waals surface area contributed by atoms with Crippen LogP contribution in [0.5, 0.6) is 0 Å². The Balaban J connectivity index is 1.58. The smallest absolute Gasteiger partial charge is 0.246 e. The number of aromatic nitrogens is 2. The molecule has 0 saturated carbocycles. The average molecular weight is 307 g/mol. The van der Waals surface area contributed by atoms with Crippen molar-refractivity contribution in [2.75, 3.05) is 0 Å². The fourth-order valence-corrected chi connectivity index (χ4v) is 2.25. The molecule has 5 heteroatoms. The summed E-state index contributed by atoms with van der Waals surface area (Å²) in [5.74, 6) is 0.843. The molecule has 0 aliphatic heterocycles. The van der Waals surface area contributed by atoms with Crippen molar-refractivity contribution < 1.29 is 9.32 Å². The molecule has 5 nitrogen and oxygen atoms in total. The highest BCUT2D eigenvalue weighted by molar-refractivity contribution is 5.78. The van der Waals surface area contributed by atoms with Crippen LogP contribution in [0.2, 0.25) is 0 Å². The Morgan fingerprint density at radius 2 is 1.96 bits per heavy atom. The van der Waals surface area contributed by atoms with Gasteiger partial charge in [0.2, 0.25) is 17.6 Å². The second kappa shape index (κ2) is 6.87. The van der Waals surface area contributed by atoms with E-state index in [9.17, 15) is 4.79 Å². The van der Waals surface area contributed by atoms with Gasteiger partial charge in [-0.05, 0) is 18.6 Å². The van der Waals surface area contributed by atoms with E-state index in [2.05, 4.69) is 15.5 Å². The van der Waals surface area contributed by atoms with E-state index >= 15 is 0 Å². The Morgan fingerprint density at radius 1 is 1.13 bits per heavy atom. The number of nitrogens with one attached hydrogen (secondary N) is 1. The largest absolute Gasteiger partial charge is 0.347 e. The van der Waals surface area contributed by atoms with Gasteiger partial charge in [0.1, 0.15) is 0 Å². The van der Waals surface area contributed by atoms with Crippen LogP contribution in [0.15, 0.2) is 59.1 Å². The van der Waals surface area contributed by atoms with Gasteiger partial charge in [0, 0.05) is 5.56 Å². The van der Waals surface area contributed by atoms with Gasteiger partial charge >= 0.3 is 0 Å². The number of benzene rings is 2. The summed E-state index contributed by atoms with van der Waals surface area (Å²) in [6.45, 7) is 2.23. The first-order valence-corrected chi connectivity index (χ1v) is 7.41. The first kappa shape index (κ1) is 15.0. The SMILES string of the molecule is Cc1cccc(-c2noc(CNC(=O)Cc3ccccc3)n2)c1. The minimum atomic E-state index is -0.0773. The lowest BCUT2D eigenvalue weighted by Crippen LogP contribution is -2.24. The molecule has 1 amide bonds. The zero-order valence-corrected chi connectivity index (χ0v) is 12.8. The number of aryl methyl sites for hydroxylation is 1. The molecule has 23 heavy (non-hydrogen) atoms. The van der Waals surface area contributed by atoms with E-state index in [1.807, 2.05) is 61.5 Å². The lowest BCUT2D eigenvalue weighted by molar-refractivity contribution is -0.120. The Labute approximate surface area is 134 Å². The van der Waals surface area contributed by atoms with Gasteiger partial charge in [-0.15, -0.1) is 0 Å². The Morgan fingerprint density at radius 3 is 2.74 bits per heavy atom. The third-order valence-corrected chi connectivity index (χ3v) is 3.39. The van der Waals surface area contributed by atoms with E-state index in [1.54, 1.807) is 0 Å². The standard InChI is InChI=1S/C18H17N3O2/c1-13-6-5-9-15(10-13)18-20-17(23-21-18)12-19-16(22)11-14-7-3-2-4-8-14/h2-10H,11-12H2,1H3,(H,19,22). The predicted molar refractivity (Wildman–Crippen MR) is 86.5 cm³/mol. The van der Waals surface area contributed by atoms with Crippen molar-refractivity contribution in [3.8, 4) is 11.4 Å². The fraction of sp³-hybridized carbons (Fsp3) is 0.167. The molecule has 2 aromatic carbocycles. The second-order valence-corrected chi connectivity index (χ2v) is 5.32. The van der Waals surface area contributed by atoms with E-state index in [0.29, 0.717) is 18.1 Å². The summed E-state index contributed by atoms with van der Waals surface area (Å²) in [7, 11) is 0. The molecule has 0 aliphatic carbocycles. The third-order valence-electron chi connectivity index (χ3n) is 3.39. The molecule has 1 N–H and O–H groups in total. The Hall–Kier alpha value is -2.95. The molecule has 0 aliphatic rings. The summed E-state index contributed by atoms with van der Waals surface area (Å²) in [5.41, 5.74) is 3.00. The summed E-state index contributed by atoms with van der Waals surface area (Å²) in [6.07, 6.45) is 0.333. The van der Waals surface area contributed by atoms with E-state index in [1.165, 1.54) is 0 Å². The summed E-state index contributed by atoms with van der Waals surface area (Å²) < 4.78 is 5.18. The molecule has 3 aromatic rings. The van der Waals surface area contributed by atoms with Crippen molar-refractivity contribution in [3.63, 3.8) is 0 Å². The highest BCUT2D eigenvalue weighted by Crippen LogP contribution is 2.16. The molecular formula is C18H17N3O2. The molecule has 116 valence electrons. The highest BCUT2D eigenvalue weighted by Gasteiger charge is 2.10. The molecule has 3 rings (SSSR count). The number of carbonyl (C=O) groups is 1. The molecule has 0 bridgehead atoms. The lowest BCUT2D eigenvalue weighted by Gasteiger charge is -2.02. The molecule has 0 radical (unpaired) electrons. The third kappa shape index (κ3) is 4.03. The van der Waals surface area contributed by atoms with Crippen molar-refractivity contribution in [2.24, 2.45) is 0 Å². The van der Waals surface area contributed by atoms with Gasteiger partial charge < -0.3 is 9.84 Å². The van der Waals surface area contributed by atoms with Crippen molar-refractivity contribution >= 4 is 5.91 Å². The molecule has 0 atom stereocenters. The second-order valence-electron chi connectivity index (χ2n) is 5.32. The number of amides is 1. The molecule has 0 unspecified atom stereocenters. The topological polar surface area (TPSA) is 68.0 Å². The van der Waals surface area contributed by atoms with E-state index in [4.69, 9.17) is 4.52 Å². The van der Waals surface area contributed by atoms with Gasteiger partial charge in [-0.25, -0.2) is 0 Å². The number of nitrogens with zero attached hydrogens (tertiary/aromatic N) is 2. The summed E-state index contributed by atoms with van der Waals surface area (Å²) in [5, 5.41) is 6.74. The molecule has 1 heterocycles. The normalized spacial score (nSPS) is 10.5. The maximum Gasteiger partial charge on any atom is 0.246 e. The van der Waals surface area contributed by atoms with Crippen LogP contribution in [-0.2, 0) is 17.8 Å². The zero-order valence-electron chi connectivity index (χ0n) is 12.8. The summed E-state index contributed by atoms with van der Waals surface area (Å²) in [6, 6.07) is 17.5. The molecule has 0 saturated heterocycles. The van der Waals surface area contributed by atoms with Crippen LogP contribution in [0.25, 0.3) is 11.4 Å². The number of hydrogen-bond acceptors (Lipinski definition) is 4. The van der Waals surface area contributed by atoms with E-state index < -0.39 is 0 Å². The number of rotatable bonds is 5. The average Bonchev–Trinajstić information content (AvgIpc) is 3.03. The van der Waals surface area contributed by atoms with Crippen LogP contribution in [0.4, 0.5) is 0 Å². The van der Waals surface area contributed by atoms with Crippen molar-refractivity contribution in [3.05, 3.63) is 71.6 Å². The maximum atomic E-state index is 11.9. The minimum absolute atomic E-state index is 0.0773. The summed E-state index contributed by atoms with van der Waals surface area (Å²) >= 11 is 0. The van der Waals surface area contributed by atoms with Crippen LogP contribution < -0.4 is 5.32 Å². The van der Waals surface area contributed by atoms with Gasteiger partial charge in [0.15, 0.2) is 0 Å². The van der Waals surface area contributed by atoms with Gasteiger partial charge in [0.25, 0.3) is 0 Å². The van der Waals surface area contributed by atoms with Crippen molar-refractivity contribution in [1.29, 1.82) is 0 Å². The van der Waals surface area contributed by atoms with Crippen LogP contribution in [0.1, 0.15) is 17.0 Å². The minimum Gasteiger partial charge on any atom is -0.347 e. The molecule has 0 spiro atoms. The Kier molecular flexibility index (Phi) is 4.47. The molecule has 1 aromatic heterocycles.